The van der Waals surface area contributed by atoms with E-state index in [1.807, 2.05) is 19.1 Å². The SMILES string of the molecule is C/C(=N/N=C1/NC(=O)[C@H](CC(=O)Nc2cccc(Cl)c2)S1)c1ccc(Cl)cc1. The van der Waals surface area contributed by atoms with E-state index in [-0.39, 0.29) is 18.2 Å². The van der Waals surface area contributed by atoms with Gasteiger partial charge in [-0.3, -0.25) is 9.59 Å². The number of carbonyl (C=O) groups is 2. The van der Waals surface area contributed by atoms with E-state index in [4.69, 9.17) is 23.2 Å². The molecule has 28 heavy (non-hydrogen) atoms. The van der Waals surface area contributed by atoms with Crippen LogP contribution >= 0.6 is 35.0 Å². The Morgan fingerprint density at radius 2 is 1.93 bits per heavy atom. The summed E-state index contributed by atoms with van der Waals surface area (Å²) >= 11 is 12.9. The Balaban J connectivity index is 1.59. The molecule has 1 saturated heterocycles. The molecule has 0 aromatic heterocycles. The van der Waals surface area contributed by atoms with Crippen LogP contribution in [-0.4, -0.2) is 27.9 Å². The highest BCUT2D eigenvalue weighted by atomic mass is 35.5. The van der Waals surface area contributed by atoms with Gasteiger partial charge in [0.1, 0.15) is 5.25 Å². The smallest absolute Gasteiger partial charge is 0.240 e. The normalized spacial score (nSPS) is 18.2. The van der Waals surface area contributed by atoms with Crippen molar-refractivity contribution in [2.24, 2.45) is 10.2 Å². The minimum Gasteiger partial charge on any atom is -0.326 e. The van der Waals surface area contributed by atoms with Crippen LogP contribution in [0.1, 0.15) is 18.9 Å². The third kappa shape index (κ3) is 5.58. The summed E-state index contributed by atoms with van der Waals surface area (Å²) in [5, 5.41) is 14.5. The van der Waals surface area contributed by atoms with E-state index in [1.54, 1.807) is 36.4 Å². The largest absolute Gasteiger partial charge is 0.326 e. The van der Waals surface area contributed by atoms with Crippen molar-refractivity contribution >= 4 is 63.3 Å². The van der Waals surface area contributed by atoms with Gasteiger partial charge in [-0.25, -0.2) is 0 Å². The number of thioether (sulfide) groups is 1. The van der Waals surface area contributed by atoms with Crippen LogP contribution in [0.25, 0.3) is 0 Å². The summed E-state index contributed by atoms with van der Waals surface area (Å²) in [6, 6.07) is 14.0. The quantitative estimate of drug-likeness (QED) is 0.542. The summed E-state index contributed by atoms with van der Waals surface area (Å²) in [6.45, 7) is 1.81. The number of nitrogens with one attached hydrogen (secondary N) is 2. The third-order valence-corrected chi connectivity index (χ3v) is 5.37. The van der Waals surface area contributed by atoms with Gasteiger partial charge in [0.05, 0.1) is 5.71 Å². The maximum absolute atomic E-state index is 12.2. The lowest BCUT2D eigenvalue weighted by Crippen LogP contribution is -2.28. The van der Waals surface area contributed by atoms with Crippen LogP contribution in [0.15, 0.2) is 58.7 Å². The zero-order chi connectivity index (χ0) is 20.1. The Morgan fingerprint density at radius 1 is 1.18 bits per heavy atom. The van der Waals surface area contributed by atoms with Crippen LogP contribution in [0.5, 0.6) is 0 Å². The van der Waals surface area contributed by atoms with E-state index in [9.17, 15) is 9.59 Å². The zero-order valence-corrected chi connectivity index (χ0v) is 17.1. The number of amidine groups is 1. The van der Waals surface area contributed by atoms with E-state index in [0.29, 0.717) is 26.6 Å². The van der Waals surface area contributed by atoms with Crippen molar-refractivity contribution in [3.8, 4) is 0 Å². The van der Waals surface area contributed by atoms with Crippen LogP contribution in [0.3, 0.4) is 0 Å². The summed E-state index contributed by atoms with van der Waals surface area (Å²) in [7, 11) is 0. The molecule has 2 amide bonds. The van der Waals surface area contributed by atoms with Crippen LogP contribution in [0, 0.1) is 0 Å². The summed E-state index contributed by atoms with van der Waals surface area (Å²) in [5.41, 5.74) is 2.14. The van der Waals surface area contributed by atoms with Crippen molar-refractivity contribution in [2.75, 3.05) is 5.32 Å². The van der Waals surface area contributed by atoms with E-state index in [2.05, 4.69) is 20.8 Å². The van der Waals surface area contributed by atoms with Crippen molar-refractivity contribution in [3.05, 3.63) is 64.1 Å². The Labute approximate surface area is 176 Å². The number of hydrogen-bond acceptors (Lipinski definition) is 5. The highest BCUT2D eigenvalue weighted by molar-refractivity contribution is 8.15. The molecule has 2 aromatic rings. The van der Waals surface area contributed by atoms with Gasteiger partial charge in [0, 0.05) is 22.2 Å². The second-order valence-electron chi connectivity index (χ2n) is 5.96. The molecule has 0 spiro atoms. The van der Waals surface area contributed by atoms with Crippen molar-refractivity contribution in [2.45, 2.75) is 18.6 Å². The summed E-state index contributed by atoms with van der Waals surface area (Å²) in [6.07, 6.45) is 0.0158. The van der Waals surface area contributed by atoms with Crippen LogP contribution in [-0.2, 0) is 9.59 Å². The van der Waals surface area contributed by atoms with Gasteiger partial charge >= 0.3 is 0 Å². The number of benzene rings is 2. The fourth-order valence-corrected chi connectivity index (χ4v) is 3.64. The minimum absolute atomic E-state index is 0.0158. The van der Waals surface area contributed by atoms with Crippen LogP contribution in [0.4, 0.5) is 5.69 Å². The molecular weight excluding hydrogens is 419 g/mol. The highest BCUT2D eigenvalue weighted by Gasteiger charge is 2.32. The molecule has 1 aliphatic heterocycles. The van der Waals surface area contributed by atoms with Crippen LogP contribution in [0.2, 0.25) is 10.0 Å². The second-order valence-corrected chi connectivity index (χ2v) is 8.02. The monoisotopic (exact) mass is 434 g/mol. The second kappa shape index (κ2) is 9.23. The lowest BCUT2D eigenvalue weighted by atomic mass is 10.1. The lowest BCUT2D eigenvalue weighted by Gasteiger charge is -2.07. The predicted octanol–water partition coefficient (Wildman–Crippen LogP) is 4.33. The van der Waals surface area contributed by atoms with Gasteiger partial charge in [0.2, 0.25) is 11.8 Å². The first-order valence-corrected chi connectivity index (χ1v) is 9.95. The molecule has 3 rings (SSSR count). The molecule has 2 N–H and O–H groups in total. The molecular formula is C19H16Cl2N4O2S. The average Bonchev–Trinajstić information content (AvgIpc) is 2.99. The Kier molecular flexibility index (Phi) is 6.72. The average molecular weight is 435 g/mol. The third-order valence-electron chi connectivity index (χ3n) is 3.81. The summed E-state index contributed by atoms with van der Waals surface area (Å²) in [5.74, 6) is -0.554. The van der Waals surface area contributed by atoms with E-state index in [0.717, 1.165) is 5.56 Å². The fraction of sp³-hybridized carbons (Fsp3) is 0.158. The molecule has 1 atom stereocenters. The number of rotatable bonds is 5. The Bertz CT molecular complexity index is 961. The minimum atomic E-state index is -0.566. The fourth-order valence-electron chi connectivity index (χ4n) is 2.40. The summed E-state index contributed by atoms with van der Waals surface area (Å²) < 4.78 is 0. The maximum Gasteiger partial charge on any atom is 0.240 e. The van der Waals surface area contributed by atoms with Gasteiger partial charge in [0.15, 0.2) is 5.17 Å². The van der Waals surface area contributed by atoms with Gasteiger partial charge in [-0.1, -0.05) is 53.2 Å². The van der Waals surface area contributed by atoms with Crippen molar-refractivity contribution in [1.82, 2.24) is 5.32 Å². The van der Waals surface area contributed by atoms with Crippen molar-refractivity contribution in [3.63, 3.8) is 0 Å². The van der Waals surface area contributed by atoms with E-state index >= 15 is 0 Å². The van der Waals surface area contributed by atoms with Gasteiger partial charge in [-0.15, -0.1) is 5.10 Å². The number of amides is 2. The molecule has 144 valence electrons. The Hall–Kier alpha value is -2.35. The van der Waals surface area contributed by atoms with Crippen molar-refractivity contribution in [1.29, 1.82) is 0 Å². The number of hydrogen-bond donors (Lipinski definition) is 2. The Morgan fingerprint density at radius 3 is 2.64 bits per heavy atom. The first-order valence-electron chi connectivity index (χ1n) is 8.32. The lowest BCUT2D eigenvalue weighted by molar-refractivity contribution is -0.122. The topological polar surface area (TPSA) is 82.9 Å². The van der Waals surface area contributed by atoms with E-state index in [1.165, 1.54) is 11.8 Å². The maximum atomic E-state index is 12.2. The zero-order valence-electron chi connectivity index (χ0n) is 14.8. The molecule has 1 heterocycles. The van der Waals surface area contributed by atoms with Gasteiger partial charge in [0.25, 0.3) is 0 Å². The standard InChI is InChI=1S/C19H16Cl2N4O2S/c1-11(12-5-7-13(20)8-6-12)24-25-19-23-18(27)16(28-19)10-17(26)22-15-4-2-3-14(21)9-15/h2-9,16H,10H2,1H3,(H,22,26)(H,23,25,27)/b24-11-/t16-/m0/s1. The van der Waals surface area contributed by atoms with Crippen LogP contribution < -0.4 is 10.6 Å². The van der Waals surface area contributed by atoms with Gasteiger partial charge in [-0.2, -0.15) is 5.10 Å². The number of anilines is 1. The predicted molar refractivity (Wildman–Crippen MR) is 115 cm³/mol. The molecule has 0 bridgehead atoms. The first-order chi connectivity index (χ1) is 13.4. The summed E-state index contributed by atoms with van der Waals surface area (Å²) in [4.78, 5) is 24.3. The molecule has 0 aliphatic carbocycles. The van der Waals surface area contributed by atoms with Crippen molar-refractivity contribution < 1.29 is 9.59 Å². The molecule has 0 radical (unpaired) electrons. The number of carbonyl (C=O) groups excluding carboxylic acids is 2. The first kappa shape index (κ1) is 20.4. The highest BCUT2D eigenvalue weighted by Crippen LogP contribution is 2.23. The van der Waals surface area contributed by atoms with E-state index < -0.39 is 5.25 Å². The molecule has 2 aromatic carbocycles. The molecule has 9 heteroatoms. The number of halogens is 2. The molecule has 1 fully saturated rings. The molecule has 0 saturated carbocycles. The number of nitrogens with zero attached hydrogens (tertiary/aromatic N) is 2. The van der Waals surface area contributed by atoms with Gasteiger partial charge in [-0.05, 0) is 42.8 Å². The molecule has 6 nitrogen and oxygen atoms in total. The van der Waals surface area contributed by atoms with Gasteiger partial charge < -0.3 is 10.6 Å². The molecule has 0 unspecified atom stereocenters. The molecule has 1 aliphatic rings.